The minimum absolute atomic E-state index is 0.268. The van der Waals surface area contributed by atoms with Crippen LogP contribution in [0.3, 0.4) is 0 Å². The number of hydrogen-bond donors (Lipinski definition) is 0. The maximum Gasteiger partial charge on any atom is 0.325 e. The Kier molecular flexibility index (Phi) is 4.61. The summed E-state index contributed by atoms with van der Waals surface area (Å²) in [7, 11) is 0. The van der Waals surface area contributed by atoms with Crippen LogP contribution in [0.1, 0.15) is 13.8 Å². The number of halogens is 1. The van der Waals surface area contributed by atoms with Gasteiger partial charge in [0.15, 0.2) is 5.17 Å². The fourth-order valence-electron chi connectivity index (χ4n) is 1.54. The van der Waals surface area contributed by atoms with Gasteiger partial charge in [-0.25, -0.2) is 9.98 Å². The number of thioether (sulfide) groups is 1. The second-order valence-corrected chi connectivity index (χ2v) is 5.38. The van der Waals surface area contributed by atoms with E-state index in [9.17, 15) is 4.79 Å². The van der Waals surface area contributed by atoms with Gasteiger partial charge in [-0.05, 0) is 38.1 Å². The summed E-state index contributed by atoms with van der Waals surface area (Å²) in [5, 5.41) is 0.844. The standard InChI is InChI=1S/C13H13ClN2O2S/c1-3-18-12(17)11-8(2)15-13(19-11)16-10-6-4-9(14)5-7-10/h4-7,11H,3H2,1-2H3/t11-/m0/s1. The van der Waals surface area contributed by atoms with E-state index in [0.717, 1.165) is 11.4 Å². The molecule has 1 aromatic rings. The van der Waals surface area contributed by atoms with Crippen LogP contribution < -0.4 is 0 Å². The van der Waals surface area contributed by atoms with Gasteiger partial charge in [-0.15, -0.1) is 0 Å². The lowest BCUT2D eigenvalue weighted by Gasteiger charge is -2.06. The molecule has 0 fully saturated rings. The van der Waals surface area contributed by atoms with Gasteiger partial charge in [-0.2, -0.15) is 0 Å². The molecule has 0 saturated heterocycles. The number of amidine groups is 1. The van der Waals surface area contributed by atoms with E-state index >= 15 is 0 Å². The number of aliphatic imine (C=N–C) groups is 2. The number of carbonyl (C=O) groups is 1. The fourth-order valence-corrected chi connectivity index (χ4v) is 2.62. The third kappa shape index (κ3) is 3.58. The van der Waals surface area contributed by atoms with E-state index in [4.69, 9.17) is 16.3 Å². The van der Waals surface area contributed by atoms with Gasteiger partial charge in [-0.3, -0.25) is 4.79 Å². The lowest BCUT2D eigenvalue weighted by atomic mass is 10.3. The molecule has 19 heavy (non-hydrogen) atoms. The van der Waals surface area contributed by atoms with Crippen LogP contribution >= 0.6 is 23.4 Å². The normalized spacial score (nSPS) is 20.5. The van der Waals surface area contributed by atoms with Gasteiger partial charge in [0.25, 0.3) is 0 Å². The fraction of sp³-hybridized carbons (Fsp3) is 0.308. The molecule has 100 valence electrons. The molecule has 0 unspecified atom stereocenters. The molecule has 1 heterocycles. The summed E-state index contributed by atoms with van der Waals surface area (Å²) in [6.07, 6.45) is 0. The smallest absolute Gasteiger partial charge is 0.325 e. The van der Waals surface area contributed by atoms with Gasteiger partial charge in [0.1, 0.15) is 5.25 Å². The molecular formula is C13H13ClN2O2S. The van der Waals surface area contributed by atoms with Gasteiger partial charge in [0.05, 0.1) is 12.3 Å². The first-order valence-corrected chi connectivity index (χ1v) is 7.08. The van der Waals surface area contributed by atoms with Crippen molar-refractivity contribution in [1.29, 1.82) is 0 Å². The molecule has 0 radical (unpaired) electrons. The summed E-state index contributed by atoms with van der Waals surface area (Å²) in [6.45, 7) is 3.96. The molecule has 6 heteroatoms. The maximum absolute atomic E-state index is 11.7. The van der Waals surface area contributed by atoms with Crippen molar-refractivity contribution in [3.63, 3.8) is 0 Å². The monoisotopic (exact) mass is 296 g/mol. The maximum atomic E-state index is 11.7. The SMILES string of the molecule is CCOC(=O)[C@H]1SC(=Nc2ccc(Cl)cc2)N=C1C. The van der Waals surface area contributed by atoms with E-state index in [-0.39, 0.29) is 11.2 Å². The molecule has 4 nitrogen and oxygen atoms in total. The summed E-state index contributed by atoms with van der Waals surface area (Å²) in [6, 6.07) is 7.14. The molecule has 0 bridgehead atoms. The number of carbonyl (C=O) groups excluding carboxylic acids is 1. The third-order valence-corrected chi connectivity index (χ3v) is 3.84. The van der Waals surface area contributed by atoms with Crippen LogP contribution in [0, 0.1) is 0 Å². The zero-order valence-electron chi connectivity index (χ0n) is 10.6. The topological polar surface area (TPSA) is 51.0 Å². The second kappa shape index (κ2) is 6.21. The number of benzene rings is 1. The van der Waals surface area contributed by atoms with Gasteiger partial charge in [0, 0.05) is 10.7 Å². The predicted molar refractivity (Wildman–Crippen MR) is 79.7 cm³/mol. The van der Waals surface area contributed by atoms with Crippen LogP contribution in [-0.4, -0.2) is 28.7 Å². The van der Waals surface area contributed by atoms with Gasteiger partial charge >= 0.3 is 5.97 Å². The second-order valence-electron chi connectivity index (χ2n) is 3.87. The highest BCUT2D eigenvalue weighted by molar-refractivity contribution is 8.16. The van der Waals surface area contributed by atoms with Crippen LogP contribution in [0.15, 0.2) is 34.3 Å². The van der Waals surface area contributed by atoms with Crippen molar-refractivity contribution in [3.8, 4) is 0 Å². The van der Waals surface area contributed by atoms with Crippen LogP contribution in [0.2, 0.25) is 5.02 Å². The first-order chi connectivity index (χ1) is 9.10. The Morgan fingerprint density at radius 3 is 2.79 bits per heavy atom. The summed E-state index contributed by atoms with van der Waals surface area (Å²) < 4.78 is 5.00. The molecule has 1 aliphatic heterocycles. The van der Waals surface area contributed by atoms with E-state index in [2.05, 4.69) is 9.98 Å². The molecular weight excluding hydrogens is 284 g/mol. The molecule has 0 saturated carbocycles. The molecule has 1 aromatic carbocycles. The van der Waals surface area contributed by atoms with Crippen molar-refractivity contribution in [2.24, 2.45) is 9.98 Å². The first kappa shape index (κ1) is 14.1. The highest BCUT2D eigenvalue weighted by atomic mass is 35.5. The zero-order valence-corrected chi connectivity index (χ0v) is 12.2. The zero-order chi connectivity index (χ0) is 13.8. The Morgan fingerprint density at radius 1 is 1.47 bits per heavy atom. The average Bonchev–Trinajstić information content (AvgIpc) is 2.74. The van der Waals surface area contributed by atoms with Crippen molar-refractivity contribution in [2.45, 2.75) is 19.1 Å². The first-order valence-electron chi connectivity index (χ1n) is 5.83. The van der Waals surface area contributed by atoms with Gasteiger partial charge in [0.2, 0.25) is 0 Å². The molecule has 0 amide bonds. The third-order valence-electron chi connectivity index (χ3n) is 2.43. The molecule has 1 aliphatic rings. The summed E-state index contributed by atoms with van der Waals surface area (Å²) >= 11 is 7.11. The van der Waals surface area contributed by atoms with Crippen molar-refractivity contribution in [3.05, 3.63) is 29.3 Å². The Hall–Kier alpha value is -1.33. The van der Waals surface area contributed by atoms with E-state index in [0.29, 0.717) is 16.8 Å². The van der Waals surface area contributed by atoms with Crippen molar-refractivity contribution >= 4 is 45.9 Å². The number of nitrogens with zero attached hydrogens (tertiary/aromatic N) is 2. The highest BCUT2D eigenvalue weighted by Gasteiger charge is 2.31. The van der Waals surface area contributed by atoms with E-state index in [1.165, 1.54) is 11.8 Å². The van der Waals surface area contributed by atoms with Crippen molar-refractivity contribution < 1.29 is 9.53 Å². The summed E-state index contributed by atoms with van der Waals surface area (Å²) in [5.41, 5.74) is 1.48. The molecule has 1 atom stereocenters. The highest BCUT2D eigenvalue weighted by Crippen LogP contribution is 2.27. The number of hydrogen-bond acceptors (Lipinski definition) is 4. The number of ether oxygens (including phenoxy) is 1. The Balaban J connectivity index is 2.12. The quantitative estimate of drug-likeness (QED) is 0.803. The molecule has 2 rings (SSSR count). The Morgan fingerprint density at radius 2 is 2.16 bits per heavy atom. The van der Waals surface area contributed by atoms with Crippen molar-refractivity contribution in [1.82, 2.24) is 0 Å². The van der Waals surface area contributed by atoms with E-state index < -0.39 is 0 Å². The van der Waals surface area contributed by atoms with Crippen LogP contribution in [0.5, 0.6) is 0 Å². The summed E-state index contributed by atoms with van der Waals surface area (Å²) in [4.78, 5) is 20.4. The van der Waals surface area contributed by atoms with Gasteiger partial charge < -0.3 is 4.74 Å². The predicted octanol–water partition coefficient (Wildman–Crippen LogP) is 3.47. The summed E-state index contributed by atoms with van der Waals surface area (Å²) in [5.74, 6) is -0.268. The molecule has 0 aromatic heterocycles. The van der Waals surface area contributed by atoms with Gasteiger partial charge in [-0.1, -0.05) is 23.4 Å². The number of rotatable bonds is 3. The largest absolute Gasteiger partial charge is 0.465 e. The molecule has 0 N–H and O–H groups in total. The lowest BCUT2D eigenvalue weighted by Crippen LogP contribution is -2.24. The minimum Gasteiger partial charge on any atom is -0.465 e. The van der Waals surface area contributed by atoms with E-state index in [1.54, 1.807) is 38.1 Å². The molecule has 0 spiro atoms. The Labute approximate surface area is 120 Å². The number of esters is 1. The van der Waals surface area contributed by atoms with Crippen LogP contribution in [-0.2, 0) is 9.53 Å². The lowest BCUT2D eigenvalue weighted by molar-refractivity contribution is -0.141. The van der Waals surface area contributed by atoms with Crippen molar-refractivity contribution in [2.75, 3.05) is 6.61 Å². The van der Waals surface area contributed by atoms with Crippen LogP contribution in [0.4, 0.5) is 5.69 Å². The average molecular weight is 297 g/mol. The Bertz CT molecular complexity index is 540. The molecule has 0 aliphatic carbocycles. The van der Waals surface area contributed by atoms with Crippen LogP contribution in [0.25, 0.3) is 0 Å². The van der Waals surface area contributed by atoms with E-state index in [1.807, 2.05) is 0 Å². The minimum atomic E-state index is -0.383.